The van der Waals surface area contributed by atoms with E-state index in [1.165, 1.54) is 0 Å². The Hall–Kier alpha value is -1.85. The standard InChI is InChI=1S/C19H18BrClN2O2/c1-2-9-23-17-7-5-14(10-12(17)3-8-18(23)24)22-19(25)15-11-13(20)4-6-16(15)21/h4-7,10-11H,2-3,8-9H2,1H3,(H,22,25). The number of carbonyl (C=O) groups is 2. The second-order valence-corrected chi connectivity index (χ2v) is 7.29. The Morgan fingerprint density at radius 2 is 2.04 bits per heavy atom. The van der Waals surface area contributed by atoms with Crippen molar-refractivity contribution in [2.45, 2.75) is 26.2 Å². The molecule has 0 bridgehead atoms. The summed E-state index contributed by atoms with van der Waals surface area (Å²) in [6.45, 7) is 2.77. The van der Waals surface area contributed by atoms with Crippen LogP contribution in [0, 0.1) is 0 Å². The molecular weight excluding hydrogens is 404 g/mol. The van der Waals surface area contributed by atoms with Gasteiger partial charge in [-0.15, -0.1) is 0 Å². The molecule has 2 amide bonds. The lowest BCUT2D eigenvalue weighted by atomic mass is 10.00. The van der Waals surface area contributed by atoms with Crippen molar-refractivity contribution >= 4 is 50.7 Å². The Labute approximate surface area is 160 Å². The number of halogens is 2. The number of hydrogen-bond acceptors (Lipinski definition) is 2. The highest BCUT2D eigenvalue weighted by Gasteiger charge is 2.23. The van der Waals surface area contributed by atoms with E-state index >= 15 is 0 Å². The summed E-state index contributed by atoms with van der Waals surface area (Å²) in [5, 5.41) is 3.29. The molecule has 1 N–H and O–H groups in total. The predicted molar refractivity (Wildman–Crippen MR) is 105 cm³/mol. The number of carbonyl (C=O) groups excluding carboxylic acids is 2. The second kappa shape index (κ2) is 7.58. The van der Waals surface area contributed by atoms with Crippen LogP contribution in [0.1, 0.15) is 35.7 Å². The second-order valence-electron chi connectivity index (χ2n) is 5.97. The first-order valence-corrected chi connectivity index (χ1v) is 9.36. The number of aryl methyl sites for hydroxylation is 1. The molecule has 0 aliphatic carbocycles. The predicted octanol–water partition coefficient (Wildman–Crippen LogP) is 5.04. The van der Waals surface area contributed by atoms with Gasteiger partial charge in [-0.25, -0.2) is 0 Å². The summed E-state index contributed by atoms with van der Waals surface area (Å²) in [7, 11) is 0. The van der Waals surface area contributed by atoms with Gasteiger partial charge in [0.25, 0.3) is 5.91 Å². The molecule has 1 aliphatic heterocycles. The number of nitrogens with one attached hydrogen (secondary N) is 1. The quantitative estimate of drug-likeness (QED) is 0.751. The van der Waals surface area contributed by atoms with Gasteiger partial charge in [0.05, 0.1) is 10.6 Å². The maximum absolute atomic E-state index is 12.5. The minimum absolute atomic E-state index is 0.159. The van der Waals surface area contributed by atoms with Crippen LogP contribution in [0.15, 0.2) is 40.9 Å². The Morgan fingerprint density at radius 3 is 2.80 bits per heavy atom. The highest BCUT2D eigenvalue weighted by molar-refractivity contribution is 9.10. The third kappa shape index (κ3) is 3.88. The molecule has 6 heteroatoms. The van der Waals surface area contributed by atoms with Crippen LogP contribution in [-0.2, 0) is 11.2 Å². The van der Waals surface area contributed by atoms with E-state index in [4.69, 9.17) is 11.6 Å². The van der Waals surface area contributed by atoms with Crippen LogP contribution < -0.4 is 10.2 Å². The minimum atomic E-state index is -0.261. The first-order chi connectivity index (χ1) is 12.0. The molecule has 0 atom stereocenters. The van der Waals surface area contributed by atoms with E-state index in [-0.39, 0.29) is 11.8 Å². The van der Waals surface area contributed by atoms with Crippen molar-refractivity contribution in [1.82, 2.24) is 0 Å². The van der Waals surface area contributed by atoms with Gasteiger partial charge < -0.3 is 10.2 Å². The number of nitrogens with zero attached hydrogens (tertiary/aromatic N) is 1. The van der Waals surface area contributed by atoms with Gasteiger partial charge in [-0.1, -0.05) is 34.5 Å². The first-order valence-electron chi connectivity index (χ1n) is 8.19. The van der Waals surface area contributed by atoms with Crippen molar-refractivity contribution < 1.29 is 9.59 Å². The summed E-state index contributed by atoms with van der Waals surface area (Å²) in [6, 6.07) is 10.8. The monoisotopic (exact) mass is 420 g/mol. The van der Waals surface area contributed by atoms with Crippen molar-refractivity contribution in [2.24, 2.45) is 0 Å². The summed E-state index contributed by atoms with van der Waals surface area (Å²) in [4.78, 5) is 26.4. The Kier molecular flexibility index (Phi) is 5.45. The van der Waals surface area contributed by atoms with Crippen LogP contribution >= 0.6 is 27.5 Å². The molecule has 0 radical (unpaired) electrons. The third-order valence-corrected chi connectivity index (χ3v) is 4.98. The van der Waals surface area contributed by atoms with Crippen molar-refractivity contribution in [3.05, 3.63) is 57.0 Å². The highest BCUT2D eigenvalue weighted by atomic mass is 79.9. The fourth-order valence-corrected chi connectivity index (χ4v) is 3.54. The van der Waals surface area contributed by atoms with Gasteiger partial charge in [-0.2, -0.15) is 0 Å². The number of hydrogen-bond donors (Lipinski definition) is 1. The SMILES string of the molecule is CCCN1C(=O)CCc2cc(NC(=O)c3cc(Br)ccc3Cl)ccc21. The van der Waals surface area contributed by atoms with Crippen LogP contribution in [0.3, 0.4) is 0 Å². The molecule has 3 rings (SSSR count). The average molecular weight is 422 g/mol. The van der Waals surface area contributed by atoms with Gasteiger partial charge in [0.2, 0.25) is 5.91 Å². The molecule has 0 fully saturated rings. The van der Waals surface area contributed by atoms with Crippen molar-refractivity contribution in [3.63, 3.8) is 0 Å². The summed E-state index contributed by atoms with van der Waals surface area (Å²) < 4.78 is 0.793. The van der Waals surface area contributed by atoms with Crippen molar-refractivity contribution in [2.75, 3.05) is 16.8 Å². The lowest BCUT2D eigenvalue weighted by molar-refractivity contribution is -0.118. The maximum Gasteiger partial charge on any atom is 0.257 e. The van der Waals surface area contributed by atoms with Crippen LogP contribution in [-0.4, -0.2) is 18.4 Å². The Balaban J connectivity index is 1.84. The highest BCUT2D eigenvalue weighted by Crippen LogP contribution is 2.31. The Morgan fingerprint density at radius 1 is 1.24 bits per heavy atom. The fourth-order valence-electron chi connectivity index (χ4n) is 2.98. The molecule has 0 saturated carbocycles. The van der Waals surface area contributed by atoms with Gasteiger partial charge in [-0.05, 0) is 54.8 Å². The summed E-state index contributed by atoms with van der Waals surface area (Å²) in [5.74, 6) is -0.101. The number of amides is 2. The van der Waals surface area contributed by atoms with Crippen LogP contribution in [0.2, 0.25) is 5.02 Å². The van der Waals surface area contributed by atoms with Gasteiger partial charge in [0.15, 0.2) is 0 Å². The van der Waals surface area contributed by atoms with Gasteiger partial charge in [0.1, 0.15) is 0 Å². The third-order valence-electron chi connectivity index (χ3n) is 4.16. The van der Waals surface area contributed by atoms with E-state index in [1.54, 1.807) is 18.2 Å². The normalized spacial score (nSPS) is 13.6. The molecule has 0 saturated heterocycles. The molecule has 25 heavy (non-hydrogen) atoms. The lowest BCUT2D eigenvalue weighted by Gasteiger charge is -2.29. The molecule has 2 aromatic rings. The van der Waals surface area contributed by atoms with Crippen LogP contribution in [0.5, 0.6) is 0 Å². The zero-order chi connectivity index (χ0) is 18.0. The zero-order valence-electron chi connectivity index (χ0n) is 13.8. The fraction of sp³-hybridized carbons (Fsp3) is 0.263. The first kappa shape index (κ1) is 18.0. The molecule has 1 heterocycles. The lowest BCUT2D eigenvalue weighted by Crippen LogP contribution is -2.35. The molecule has 2 aromatic carbocycles. The van der Waals surface area contributed by atoms with E-state index in [1.807, 2.05) is 23.1 Å². The largest absolute Gasteiger partial charge is 0.322 e. The summed E-state index contributed by atoms with van der Waals surface area (Å²) >= 11 is 9.47. The van der Waals surface area contributed by atoms with Crippen LogP contribution in [0.25, 0.3) is 0 Å². The molecule has 1 aliphatic rings. The van der Waals surface area contributed by atoms with E-state index in [0.717, 1.165) is 22.1 Å². The Bertz CT molecular complexity index is 838. The van der Waals surface area contributed by atoms with Gasteiger partial charge in [-0.3, -0.25) is 9.59 Å². The molecule has 0 spiro atoms. The molecular formula is C19H18BrClN2O2. The maximum atomic E-state index is 12.5. The topological polar surface area (TPSA) is 49.4 Å². The number of anilines is 2. The number of benzene rings is 2. The smallest absolute Gasteiger partial charge is 0.257 e. The summed E-state index contributed by atoms with van der Waals surface area (Å²) in [6.07, 6.45) is 2.10. The van der Waals surface area contributed by atoms with E-state index in [9.17, 15) is 9.59 Å². The average Bonchev–Trinajstić information content (AvgIpc) is 2.59. The number of rotatable bonds is 4. The van der Waals surface area contributed by atoms with E-state index in [0.29, 0.717) is 35.7 Å². The van der Waals surface area contributed by atoms with Crippen molar-refractivity contribution in [3.8, 4) is 0 Å². The molecule has 130 valence electrons. The summed E-state index contributed by atoms with van der Waals surface area (Å²) in [5.41, 5.74) is 3.13. The molecule has 0 unspecified atom stereocenters. The van der Waals surface area contributed by atoms with Gasteiger partial charge in [0, 0.05) is 28.8 Å². The molecule has 4 nitrogen and oxygen atoms in total. The minimum Gasteiger partial charge on any atom is -0.322 e. The number of fused-ring (bicyclic) bond motifs is 1. The molecule has 0 aromatic heterocycles. The van der Waals surface area contributed by atoms with Crippen LogP contribution in [0.4, 0.5) is 11.4 Å². The van der Waals surface area contributed by atoms with E-state index < -0.39 is 0 Å². The van der Waals surface area contributed by atoms with Crippen molar-refractivity contribution in [1.29, 1.82) is 0 Å². The van der Waals surface area contributed by atoms with Gasteiger partial charge >= 0.3 is 0 Å². The van der Waals surface area contributed by atoms with E-state index in [2.05, 4.69) is 28.2 Å². The zero-order valence-corrected chi connectivity index (χ0v) is 16.2.